The minimum Gasteiger partial charge on any atom is -0.292 e. The average Bonchev–Trinajstić information content (AvgIpc) is 3.09. The fourth-order valence-corrected chi connectivity index (χ4v) is 3.85. The van der Waals surface area contributed by atoms with Crippen LogP contribution in [0.4, 0.5) is 5.69 Å². The first-order valence-electron chi connectivity index (χ1n) is 10.1. The van der Waals surface area contributed by atoms with E-state index in [1.807, 2.05) is 0 Å². The lowest BCUT2D eigenvalue weighted by Gasteiger charge is -2.34. The van der Waals surface area contributed by atoms with E-state index in [4.69, 9.17) is 11.6 Å². The number of hydrogen-bond acceptors (Lipinski definition) is 6. The molecule has 0 saturated heterocycles. The standard InChI is InChI=1S/C24H16ClN3O6/c1-14(21(29)15-6-3-2-4-7-15)26(22(30)16-10-12-17(25)13-11-16)27-23(31)18-8-5-9-19(28(33)34)20(18)24(27)32/h2-14H,1H3/t14-/m0/s1. The molecule has 0 radical (unpaired) electrons. The van der Waals surface area contributed by atoms with Gasteiger partial charge in [-0.2, -0.15) is 5.01 Å². The minimum atomic E-state index is -1.30. The summed E-state index contributed by atoms with van der Waals surface area (Å²) in [4.78, 5) is 64.0. The van der Waals surface area contributed by atoms with E-state index in [1.54, 1.807) is 18.2 Å². The summed E-state index contributed by atoms with van der Waals surface area (Å²) in [5.41, 5.74) is -0.924. The van der Waals surface area contributed by atoms with Gasteiger partial charge in [0, 0.05) is 22.2 Å². The van der Waals surface area contributed by atoms with E-state index in [9.17, 15) is 29.3 Å². The number of hydrogen-bond donors (Lipinski definition) is 0. The van der Waals surface area contributed by atoms with Crippen LogP contribution in [-0.2, 0) is 0 Å². The van der Waals surface area contributed by atoms with Crippen LogP contribution in [0.15, 0.2) is 72.8 Å². The molecular weight excluding hydrogens is 462 g/mol. The van der Waals surface area contributed by atoms with E-state index in [-0.39, 0.29) is 16.7 Å². The van der Waals surface area contributed by atoms with Crippen molar-refractivity contribution in [3.05, 3.63) is 110 Å². The maximum atomic E-state index is 13.5. The minimum absolute atomic E-state index is 0.0585. The van der Waals surface area contributed by atoms with Crippen molar-refractivity contribution in [2.45, 2.75) is 13.0 Å². The number of ketones is 1. The van der Waals surface area contributed by atoms with Crippen LogP contribution in [0.3, 0.4) is 0 Å². The maximum Gasteiger partial charge on any atom is 0.287 e. The molecule has 1 aliphatic rings. The molecule has 0 bridgehead atoms. The van der Waals surface area contributed by atoms with Gasteiger partial charge in [-0.25, -0.2) is 5.01 Å². The van der Waals surface area contributed by atoms with Gasteiger partial charge >= 0.3 is 0 Å². The van der Waals surface area contributed by atoms with Gasteiger partial charge in [0.05, 0.1) is 10.5 Å². The Labute approximate surface area is 198 Å². The third-order valence-corrected chi connectivity index (χ3v) is 5.64. The molecule has 0 aliphatic carbocycles. The second-order valence-electron chi connectivity index (χ2n) is 7.44. The second-order valence-corrected chi connectivity index (χ2v) is 7.88. The fourth-order valence-electron chi connectivity index (χ4n) is 3.72. The average molecular weight is 478 g/mol. The Morgan fingerprint density at radius 3 is 2.18 bits per heavy atom. The zero-order chi connectivity index (χ0) is 24.6. The van der Waals surface area contributed by atoms with Crippen LogP contribution >= 0.6 is 11.6 Å². The number of amides is 3. The number of imide groups is 1. The highest BCUT2D eigenvalue weighted by molar-refractivity contribution is 6.30. The molecule has 0 spiro atoms. The van der Waals surface area contributed by atoms with Crippen LogP contribution in [-0.4, -0.2) is 44.5 Å². The van der Waals surface area contributed by atoms with Crippen LogP contribution in [0.1, 0.15) is 48.4 Å². The zero-order valence-corrected chi connectivity index (χ0v) is 18.4. The molecule has 10 heteroatoms. The Balaban J connectivity index is 1.83. The van der Waals surface area contributed by atoms with Gasteiger partial charge in [0.1, 0.15) is 11.6 Å². The summed E-state index contributed by atoms with van der Waals surface area (Å²) in [7, 11) is 0. The summed E-state index contributed by atoms with van der Waals surface area (Å²) >= 11 is 5.91. The Morgan fingerprint density at radius 1 is 0.912 bits per heavy atom. The Hall–Kier alpha value is -4.37. The van der Waals surface area contributed by atoms with E-state index in [0.717, 1.165) is 11.1 Å². The summed E-state index contributed by atoms with van der Waals surface area (Å²) in [6, 6.07) is 16.1. The number of hydrazine groups is 1. The first kappa shape index (κ1) is 22.8. The number of nitro benzene ring substituents is 1. The van der Waals surface area contributed by atoms with Gasteiger partial charge < -0.3 is 0 Å². The van der Waals surface area contributed by atoms with Crippen LogP contribution in [0.5, 0.6) is 0 Å². The Kier molecular flexibility index (Phi) is 5.95. The molecule has 9 nitrogen and oxygen atoms in total. The molecule has 4 rings (SSSR count). The molecule has 0 fully saturated rings. The van der Waals surface area contributed by atoms with Gasteiger partial charge in [0.15, 0.2) is 5.78 Å². The Bertz CT molecular complexity index is 1340. The lowest BCUT2D eigenvalue weighted by molar-refractivity contribution is -0.385. The number of fused-ring (bicyclic) bond motifs is 1. The van der Waals surface area contributed by atoms with Gasteiger partial charge in [0.2, 0.25) is 0 Å². The predicted octanol–water partition coefficient (Wildman–Crippen LogP) is 4.17. The van der Waals surface area contributed by atoms with Crippen molar-refractivity contribution in [3.8, 4) is 0 Å². The molecule has 3 aromatic rings. The summed E-state index contributed by atoms with van der Waals surface area (Å²) in [6.45, 7) is 1.38. The highest BCUT2D eigenvalue weighted by Gasteiger charge is 2.48. The number of rotatable bonds is 6. The van der Waals surface area contributed by atoms with E-state index in [1.165, 1.54) is 55.5 Å². The monoisotopic (exact) mass is 477 g/mol. The second kappa shape index (κ2) is 8.87. The third kappa shape index (κ3) is 3.82. The summed E-state index contributed by atoms with van der Waals surface area (Å²) in [5, 5.41) is 13.1. The largest absolute Gasteiger partial charge is 0.292 e. The van der Waals surface area contributed by atoms with E-state index < -0.39 is 45.7 Å². The van der Waals surface area contributed by atoms with Crippen LogP contribution in [0, 0.1) is 10.1 Å². The van der Waals surface area contributed by atoms with E-state index in [0.29, 0.717) is 10.0 Å². The lowest BCUT2D eigenvalue weighted by Crippen LogP contribution is -2.56. The SMILES string of the molecule is C[C@@H](C(=O)c1ccccc1)N(C(=O)c1ccc(Cl)cc1)N1C(=O)c2cccc([N+](=O)[O-])c2C1=O. The molecule has 1 aliphatic heterocycles. The van der Waals surface area contributed by atoms with Crippen molar-refractivity contribution in [1.29, 1.82) is 0 Å². The number of nitro groups is 1. The normalized spacial score (nSPS) is 13.4. The van der Waals surface area contributed by atoms with Gasteiger partial charge in [-0.15, -0.1) is 0 Å². The highest BCUT2D eigenvalue weighted by atomic mass is 35.5. The highest BCUT2D eigenvalue weighted by Crippen LogP contribution is 2.33. The van der Waals surface area contributed by atoms with Crippen LogP contribution < -0.4 is 0 Å². The van der Waals surface area contributed by atoms with Crippen molar-refractivity contribution < 1.29 is 24.1 Å². The van der Waals surface area contributed by atoms with E-state index >= 15 is 0 Å². The third-order valence-electron chi connectivity index (χ3n) is 5.39. The quantitative estimate of drug-likeness (QED) is 0.227. The molecule has 0 unspecified atom stereocenters. The van der Waals surface area contributed by atoms with Crippen molar-refractivity contribution in [1.82, 2.24) is 10.0 Å². The van der Waals surface area contributed by atoms with E-state index in [2.05, 4.69) is 0 Å². The summed E-state index contributed by atoms with van der Waals surface area (Å²) < 4.78 is 0. The lowest BCUT2D eigenvalue weighted by atomic mass is 10.0. The number of carbonyl (C=O) groups is 4. The summed E-state index contributed by atoms with van der Waals surface area (Å²) in [6.07, 6.45) is 0. The van der Waals surface area contributed by atoms with Crippen molar-refractivity contribution >= 4 is 40.8 Å². The first-order chi connectivity index (χ1) is 16.2. The molecule has 34 heavy (non-hydrogen) atoms. The molecule has 3 amide bonds. The first-order valence-corrected chi connectivity index (χ1v) is 10.4. The number of benzene rings is 3. The zero-order valence-electron chi connectivity index (χ0n) is 17.7. The smallest absolute Gasteiger partial charge is 0.287 e. The molecule has 1 heterocycles. The number of carbonyl (C=O) groups excluding carboxylic acids is 4. The molecule has 170 valence electrons. The van der Waals surface area contributed by atoms with Crippen LogP contribution in [0.2, 0.25) is 5.02 Å². The van der Waals surface area contributed by atoms with Gasteiger partial charge in [-0.3, -0.25) is 29.3 Å². The number of halogens is 1. The molecule has 1 atom stereocenters. The maximum absolute atomic E-state index is 13.5. The number of nitrogens with zero attached hydrogens (tertiary/aromatic N) is 3. The topological polar surface area (TPSA) is 118 Å². The van der Waals surface area contributed by atoms with Crippen molar-refractivity contribution in [3.63, 3.8) is 0 Å². The molecule has 0 aromatic heterocycles. The Morgan fingerprint density at radius 2 is 1.56 bits per heavy atom. The number of Topliss-reactive ketones (excluding diaryl/α,β-unsaturated/α-hetero) is 1. The van der Waals surface area contributed by atoms with Gasteiger partial charge in [0.25, 0.3) is 23.4 Å². The molecule has 3 aromatic carbocycles. The van der Waals surface area contributed by atoms with Crippen molar-refractivity contribution in [2.24, 2.45) is 0 Å². The predicted molar refractivity (Wildman–Crippen MR) is 121 cm³/mol. The molecule has 0 N–H and O–H groups in total. The van der Waals surface area contributed by atoms with Gasteiger partial charge in [-0.05, 0) is 37.3 Å². The fraction of sp³-hybridized carbons (Fsp3) is 0.0833. The van der Waals surface area contributed by atoms with Crippen LogP contribution in [0.25, 0.3) is 0 Å². The molecular formula is C24H16ClN3O6. The van der Waals surface area contributed by atoms with Crippen molar-refractivity contribution in [2.75, 3.05) is 0 Å². The van der Waals surface area contributed by atoms with Gasteiger partial charge in [-0.1, -0.05) is 48.0 Å². The summed E-state index contributed by atoms with van der Waals surface area (Å²) in [5.74, 6) is -3.37. The molecule has 0 saturated carbocycles.